The summed E-state index contributed by atoms with van der Waals surface area (Å²) in [6, 6.07) is 10.1. The van der Waals surface area contributed by atoms with Crippen LogP contribution in [-0.4, -0.2) is 43.4 Å². The first-order valence-electron chi connectivity index (χ1n) is 6.53. The number of nitrogens with two attached hydrogens (primary N) is 1. The topological polar surface area (TPSA) is 58.4 Å². The summed E-state index contributed by atoms with van der Waals surface area (Å²) in [5.41, 5.74) is 6.51. The number of hydrogen-bond donors (Lipinski definition) is 2. The summed E-state index contributed by atoms with van der Waals surface area (Å²) in [6.07, 6.45) is 1.14. The number of hydrogen-bond acceptors (Lipinski definition) is 3. The van der Waals surface area contributed by atoms with E-state index in [4.69, 9.17) is 5.73 Å². The molecule has 0 heterocycles. The molecule has 0 radical (unpaired) electrons. The van der Waals surface area contributed by atoms with Crippen LogP contribution in [0.15, 0.2) is 30.3 Å². The molecule has 1 aromatic carbocycles. The molecule has 0 saturated heterocycles. The highest BCUT2D eigenvalue weighted by atomic mass is 32.2. The van der Waals surface area contributed by atoms with Crippen LogP contribution in [0.2, 0.25) is 0 Å². The third-order valence-corrected chi connectivity index (χ3v) is 3.87. The maximum atomic E-state index is 10.8. The summed E-state index contributed by atoms with van der Waals surface area (Å²) in [7, 11) is 1.71. The first-order chi connectivity index (χ1) is 9.20. The SMILES string of the molecule is CN(CCNCCCSCc1ccccc1)C(N)=O. The van der Waals surface area contributed by atoms with E-state index in [1.165, 1.54) is 10.5 Å². The van der Waals surface area contributed by atoms with Crippen LogP contribution in [0.5, 0.6) is 0 Å². The molecule has 0 aliphatic rings. The Kier molecular flexibility index (Phi) is 8.09. The van der Waals surface area contributed by atoms with Gasteiger partial charge in [-0.15, -0.1) is 0 Å². The molecule has 0 atom stereocenters. The van der Waals surface area contributed by atoms with Crippen molar-refractivity contribution in [2.45, 2.75) is 12.2 Å². The molecule has 3 N–H and O–H groups in total. The smallest absolute Gasteiger partial charge is 0.314 e. The first kappa shape index (κ1) is 15.9. The fourth-order valence-electron chi connectivity index (χ4n) is 1.55. The summed E-state index contributed by atoms with van der Waals surface area (Å²) >= 11 is 1.95. The Hall–Kier alpha value is -1.20. The van der Waals surface area contributed by atoms with Crippen molar-refractivity contribution >= 4 is 17.8 Å². The average Bonchev–Trinajstić information content (AvgIpc) is 2.42. The lowest BCUT2D eigenvalue weighted by Gasteiger charge is -2.14. The third-order valence-electron chi connectivity index (χ3n) is 2.75. The molecule has 19 heavy (non-hydrogen) atoms. The second-order valence-electron chi connectivity index (χ2n) is 4.40. The van der Waals surface area contributed by atoms with Gasteiger partial charge >= 0.3 is 6.03 Å². The van der Waals surface area contributed by atoms with E-state index in [0.29, 0.717) is 6.54 Å². The zero-order valence-corrected chi connectivity index (χ0v) is 12.3. The van der Waals surface area contributed by atoms with Crippen LogP contribution in [0.4, 0.5) is 4.79 Å². The fourth-order valence-corrected chi connectivity index (χ4v) is 2.47. The molecule has 0 aromatic heterocycles. The number of primary amides is 1. The number of likely N-dealkylation sites (N-methyl/N-ethyl adjacent to an activating group) is 1. The van der Waals surface area contributed by atoms with E-state index < -0.39 is 0 Å². The van der Waals surface area contributed by atoms with Gasteiger partial charge in [-0.25, -0.2) is 4.79 Å². The van der Waals surface area contributed by atoms with Crippen LogP contribution in [0.25, 0.3) is 0 Å². The Balaban J connectivity index is 1.90. The van der Waals surface area contributed by atoms with Gasteiger partial charge in [0, 0.05) is 25.9 Å². The zero-order valence-electron chi connectivity index (χ0n) is 11.5. The van der Waals surface area contributed by atoms with E-state index >= 15 is 0 Å². The van der Waals surface area contributed by atoms with E-state index in [0.717, 1.165) is 31.0 Å². The Bertz CT molecular complexity index is 359. The molecule has 0 fully saturated rings. The lowest BCUT2D eigenvalue weighted by molar-refractivity contribution is 0.218. The summed E-state index contributed by atoms with van der Waals surface area (Å²) in [5, 5.41) is 3.31. The van der Waals surface area contributed by atoms with E-state index in [1.54, 1.807) is 7.05 Å². The number of nitrogens with zero attached hydrogens (tertiary/aromatic N) is 1. The number of amides is 2. The predicted molar refractivity (Wildman–Crippen MR) is 82.3 cm³/mol. The van der Waals surface area contributed by atoms with Crippen molar-refractivity contribution in [3.8, 4) is 0 Å². The van der Waals surface area contributed by atoms with Crippen molar-refractivity contribution in [2.24, 2.45) is 5.73 Å². The van der Waals surface area contributed by atoms with E-state index in [9.17, 15) is 4.79 Å². The fraction of sp³-hybridized carbons (Fsp3) is 0.500. The molecule has 1 aromatic rings. The molecule has 0 unspecified atom stereocenters. The highest BCUT2D eigenvalue weighted by Gasteiger charge is 2.00. The van der Waals surface area contributed by atoms with E-state index in [1.807, 2.05) is 17.8 Å². The predicted octanol–water partition coefficient (Wildman–Crippen LogP) is 1.91. The highest BCUT2D eigenvalue weighted by Crippen LogP contribution is 2.11. The lowest BCUT2D eigenvalue weighted by Crippen LogP contribution is -2.37. The molecule has 5 heteroatoms. The molecule has 0 aliphatic heterocycles. The number of rotatable bonds is 9. The van der Waals surface area contributed by atoms with Gasteiger partial charge in [0.25, 0.3) is 0 Å². The van der Waals surface area contributed by atoms with Crippen molar-refractivity contribution in [2.75, 3.05) is 32.4 Å². The van der Waals surface area contributed by atoms with Crippen LogP contribution in [0.3, 0.4) is 0 Å². The number of carbonyl (C=O) groups excluding carboxylic acids is 1. The number of urea groups is 1. The molecule has 0 spiro atoms. The van der Waals surface area contributed by atoms with Gasteiger partial charge in [0.15, 0.2) is 0 Å². The molecular weight excluding hydrogens is 258 g/mol. The molecular formula is C14H23N3OS. The number of benzene rings is 1. The molecule has 4 nitrogen and oxygen atoms in total. The van der Waals surface area contributed by atoms with Gasteiger partial charge in [-0.1, -0.05) is 30.3 Å². The van der Waals surface area contributed by atoms with Crippen molar-refractivity contribution in [3.63, 3.8) is 0 Å². The van der Waals surface area contributed by atoms with Crippen LogP contribution < -0.4 is 11.1 Å². The van der Waals surface area contributed by atoms with Gasteiger partial charge in [0.1, 0.15) is 0 Å². The highest BCUT2D eigenvalue weighted by molar-refractivity contribution is 7.98. The Labute approximate surface area is 119 Å². The Morgan fingerprint density at radius 1 is 1.32 bits per heavy atom. The second kappa shape index (κ2) is 9.69. The average molecular weight is 281 g/mol. The van der Waals surface area contributed by atoms with E-state index in [-0.39, 0.29) is 6.03 Å². The van der Waals surface area contributed by atoms with Gasteiger partial charge in [-0.3, -0.25) is 0 Å². The Morgan fingerprint density at radius 3 is 2.74 bits per heavy atom. The molecule has 0 saturated carbocycles. The Morgan fingerprint density at radius 2 is 2.05 bits per heavy atom. The van der Waals surface area contributed by atoms with Gasteiger partial charge in [0.2, 0.25) is 0 Å². The largest absolute Gasteiger partial charge is 0.351 e. The standard InChI is InChI=1S/C14H23N3OS/c1-17(14(15)18)10-9-16-8-5-11-19-12-13-6-3-2-4-7-13/h2-4,6-7,16H,5,8-12H2,1H3,(H2,15,18). The minimum atomic E-state index is -0.375. The van der Waals surface area contributed by atoms with Crippen molar-refractivity contribution in [1.82, 2.24) is 10.2 Å². The van der Waals surface area contributed by atoms with Crippen LogP contribution in [0, 0.1) is 0 Å². The summed E-state index contributed by atoms with van der Waals surface area (Å²) < 4.78 is 0. The maximum absolute atomic E-state index is 10.8. The quantitative estimate of drug-likeness (QED) is 0.680. The number of carbonyl (C=O) groups is 1. The normalized spacial score (nSPS) is 10.4. The minimum absolute atomic E-state index is 0.375. The summed E-state index contributed by atoms with van der Waals surface area (Å²) in [5.74, 6) is 2.22. The van der Waals surface area contributed by atoms with Crippen LogP contribution in [-0.2, 0) is 5.75 Å². The van der Waals surface area contributed by atoms with Crippen molar-refractivity contribution in [1.29, 1.82) is 0 Å². The number of nitrogens with one attached hydrogen (secondary N) is 1. The molecule has 1 rings (SSSR count). The third kappa shape index (κ3) is 7.74. The molecule has 0 bridgehead atoms. The van der Waals surface area contributed by atoms with Gasteiger partial charge in [-0.2, -0.15) is 11.8 Å². The maximum Gasteiger partial charge on any atom is 0.314 e. The molecule has 2 amide bonds. The summed E-state index contributed by atoms with van der Waals surface area (Å²) in [6.45, 7) is 2.43. The second-order valence-corrected chi connectivity index (χ2v) is 5.51. The van der Waals surface area contributed by atoms with Crippen LogP contribution in [0.1, 0.15) is 12.0 Å². The monoisotopic (exact) mass is 281 g/mol. The number of thioether (sulfide) groups is 1. The van der Waals surface area contributed by atoms with Gasteiger partial charge in [-0.05, 0) is 24.3 Å². The summed E-state index contributed by atoms with van der Waals surface area (Å²) in [4.78, 5) is 12.3. The zero-order chi connectivity index (χ0) is 13.9. The molecule has 0 aliphatic carbocycles. The van der Waals surface area contributed by atoms with Crippen molar-refractivity contribution < 1.29 is 4.79 Å². The van der Waals surface area contributed by atoms with E-state index in [2.05, 4.69) is 29.6 Å². The lowest BCUT2D eigenvalue weighted by atomic mass is 10.2. The van der Waals surface area contributed by atoms with Gasteiger partial charge in [0.05, 0.1) is 0 Å². The molecule has 106 valence electrons. The van der Waals surface area contributed by atoms with Crippen LogP contribution >= 0.6 is 11.8 Å². The van der Waals surface area contributed by atoms with Gasteiger partial charge < -0.3 is 16.0 Å². The van der Waals surface area contributed by atoms with Crippen molar-refractivity contribution in [3.05, 3.63) is 35.9 Å². The first-order valence-corrected chi connectivity index (χ1v) is 7.68. The minimum Gasteiger partial charge on any atom is -0.351 e.